The second-order valence-corrected chi connectivity index (χ2v) is 20.0. The molecule has 0 aliphatic rings. The smallest absolute Gasteiger partial charge is 0.238 e. The van der Waals surface area contributed by atoms with Crippen molar-refractivity contribution < 1.29 is 0 Å². The van der Waals surface area contributed by atoms with E-state index in [1.165, 1.54) is 0 Å². The van der Waals surface area contributed by atoms with Crippen LogP contribution >= 0.6 is 0 Å². The van der Waals surface area contributed by atoms with Gasteiger partial charge in [-0.15, -0.1) is 0 Å². The molecule has 0 unspecified atom stereocenters. The van der Waals surface area contributed by atoms with Gasteiger partial charge in [0.2, 0.25) is 11.9 Å². The molecule has 0 aliphatic heterocycles. The lowest BCUT2D eigenvalue weighted by molar-refractivity contribution is 0.953. The molecule has 0 radical (unpaired) electrons. The van der Waals surface area contributed by atoms with Crippen molar-refractivity contribution in [1.29, 1.82) is 0 Å². The van der Waals surface area contributed by atoms with Crippen LogP contribution in [0.15, 0.2) is 261 Å². The van der Waals surface area contributed by atoms with Gasteiger partial charge >= 0.3 is 0 Å². The molecule has 0 saturated heterocycles. The Morgan fingerprint density at radius 3 is 1.02 bits per heavy atom. The third-order valence-electron chi connectivity index (χ3n) is 15.2. The van der Waals surface area contributed by atoms with E-state index in [-0.39, 0.29) is 0 Å². The molecule has 16 rings (SSSR count). The highest BCUT2D eigenvalue weighted by atomic mass is 15.2. The molecule has 0 bridgehead atoms. The average molecular weight is 1040 g/mol. The van der Waals surface area contributed by atoms with Crippen molar-refractivity contribution in [3.05, 3.63) is 261 Å². The average Bonchev–Trinajstić information content (AvgIpc) is 4.09. The molecule has 6 aromatic heterocycles. The fourth-order valence-electron chi connectivity index (χ4n) is 11.5. The highest BCUT2D eigenvalue weighted by Crippen LogP contribution is 2.42. The predicted molar refractivity (Wildman–Crippen MR) is 324 cm³/mol. The van der Waals surface area contributed by atoms with Crippen LogP contribution in [-0.2, 0) is 0 Å². The van der Waals surface area contributed by atoms with Gasteiger partial charge < -0.3 is 0 Å². The summed E-state index contributed by atoms with van der Waals surface area (Å²) in [5.74, 6) is 4.00. The van der Waals surface area contributed by atoms with E-state index in [1.54, 1.807) is 0 Å². The number of benzene rings is 10. The Morgan fingerprint density at radius 1 is 0.222 bits per heavy atom. The van der Waals surface area contributed by atoms with Gasteiger partial charge in [-0.3, -0.25) is 13.7 Å². The summed E-state index contributed by atoms with van der Waals surface area (Å²) in [4.78, 5) is 42.1. The van der Waals surface area contributed by atoms with Crippen molar-refractivity contribution in [3.8, 4) is 85.8 Å². The number of rotatable bonds is 9. The number of aromatic nitrogens is 11. The zero-order valence-corrected chi connectivity index (χ0v) is 43.2. The number of hydrogen-bond donors (Lipinski definition) is 0. The van der Waals surface area contributed by atoms with Crippen molar-refractivity contribution in [2.24, 2.45) is 0 Å². The third kappa shape index (κ3) is 7.66. The van der Waals surface area contributed by atoms with Gasteiger partial charge in [0.25, 0.3) is 0 Å². The number of fused-ring (bicyclic) bond motifs is 9. The van der Waals surface area contributed by atoms with Gasteiger partial charge in [-0.25, -0.2) is 19.9 Å². The molecule has 0 spiro atoms. The first-order chi connectivity index (χ1) is 40.2. The number of para-hydroxylation sites is 4. The summed E-state index contributed by atoms with van der Waals surface area (Å²) in [5.41, 5.74) is 12.9. The molecule has 0 N–H and O–H groups in total. The molecule has 16 aromatic rings. The Labute approximate surface area is 463 Å². The maximum atomic E-state index is 5.68. The topological polar surface area (TPSA) is 118 Å². The quantitative estimate of drug-likeness (QED) is 0.140. The molecule has 10 aromatic carbocycles. The van der Waals surface area contributed by atoms with Crippen molar-refractivity contribution in [2.45, 2.75) is 0 Å². The summed E-state index contributed by atoms with van der Waals surface area (Å²) in [6.07, 6.45) is 0. The molecular weight excluding hydrogens is 995 g/mol. The third-order valence-corrected chi connectivity index (χ3v) is 15.2. The van der Waals surface area contributed by atoms with E-state index in [9.17, 15) is 0 Å². The lowest BCUT2D eigenvalue weighted by atomic mass is 10.0. The molecule has 11 nitrogen and oxygen atoms in total. The standard InChI is InChI=1S/C70H43N11/c1-6-22-44(23-7-1)63-72-64(45-24-8-2-9-25-45)76-69(75-63)80-56-35-19-16-32-51(56)54-42-48(38-40-59(54)80)62-61-53-34-18-21-37-58(53)79(50-30-14-5-15-31-50)68(61)74-67(71-62)49-39-41-60-55(43-49)52-33-17-20-36-57(52)81(60)70-77-65(46-26-10-3-11-27-46)73-66(78-70)47-28-12-4-13-29-47/h1-43H. The summed E-state index contributed by atoms with van der Waals surface area (Å²) in [5, 5.41) is 6.15. The SMILES string of the molecule is c1ccc(-c2nc(-c3ccccc3)nc(-n3c4ccccc4c4cc(-c5nc(-c6ccc7c(c6)c6ccccc6n7-c6nc(-c7ccccc7)nc(-c7ccccc7)n6)c6c7ccccc7n(-c7ccccc7)c6n5)ccc43)n2)cc1. The van der Waals surface area contributed by atoms with E-state index in [2.05, 4.69) is 147 Å². The van der Waals surface area contributed by atoms with Gasteiger partial charge in [-0.1, -0.05) is 200 Å². The molecular formula is C70H43N11. The highest BCUT2D eigenvalue weighted by Gasteiger charge is 2.25. The lowest BCUT2D eigenvalue weighted by Gasteiger charge is -2.12. The van der Waals surface area contributed by atoms with Crippen LogP contribution in [0.25, 0.3) is 151 Å². The van der Waals surface area contributed by atoms with E-state index in [1.807, 2.05) is 127 Å². The predicted octanol–water partition coefficient (Wildman–Crippen LogP) is 16.1. The summed E-state index contributed by atoms with van der Waals surface area (Å²) in [6.45, 7) is 0. The maximum Gasteiger partial charge on any atom is 0.238 e. The molecule has 0 aliphatic carbocycles. The van der Waals surface area contributed by atoms with Gasteiger partial charge in [-0.05, 0) is 60.7 Å². The van der Waals surface area contributed by atoms with E-state index < -0.39 is 0 Å². The minimum atomic E-state index is 0.523. The van der Waals surface area contributed by atoms with E-state index in [0.29, 0.717) is 41.0 Å². The Bertz CT molecular complexity index is 4980. The Balaban J connectivity index is 0.920. The van der Waals surface area contributed by atoms with Gasteiger partial charge in [-0.2, -0.15) is 19.9 Å². The van der Waals surface area contributed by atoms with E-state index in [0.717, 1.165) is 110 Å². The first-order valence-corrected chi connectivity index (χ1v) is 26.9. The van der Waals surface area contributed by atoms with Crippen LogP contribution in [0.4, 0.5) is 0 Å². The molecule has 0 fully saturated rings. The lowest BCUT2D eigenvalue weighted by Crippen LogP contribution is -2.06. The molecule has 81 heavy (non-hydrogen) atoms. The van der Waals surface area contributed by atoms with Gasteiger partial charge in [0.1, 0.15) is 5.65 Å². The monoisotopic (exact) mass is 1040 g/mol. The summed E-state index contributed by atoms with van der Waals surface area (Å²) < 4.78 is 6.56. The second-order valence-electron chi connectivity index (χ2n) is 20.0. The molecule has 0 saturated carbocycles. The molecule has 0 amide bonds. The molecule has 0 atom stereocenters. The highest BCUT2D eigenvalue weighted by molar-refractivity contribution is 6.16. The van der Waals surface area contributed by atoms with Crippen molar-refractivity contribution in [1.82, 2.24) is 53.6 Å². The molecule has 378 valence electrons. The Kier molecular flexibility index (Phi) is 10.6. The fourth-order valence-corrected chi connectivity index (χ4v) is 11.5. The van der Waals surface area contributed by atoms with Gasteiger partial charge in [0.05, 0.1) is 38.7 Å². The summed E-state index contributed by atoms with van der Waals surface area (Å²) >= 11 is 0. The summed E-state index contributed by atoms with van der Waals surface area (Å²) in [7, 11) is 0. The second kappa shape index (κ2) is 18.7. The van der Waals surface area contributed by atoms with Crippen LogP contribution in [0.5, 0.6) is 0 Å². The fraction of sp³-hybridized carbons (Fsp3) is 0. The van der Waals surface area contributed by atoms with Crippen LogP contribution < -0.4 is 0 Å². The van der Waals surface area contributed by atoms with Gasteiger partial charge in [0.15, 0.2) is 29.1 Å². The zero-order chi connectivity index (χ0) is 53.4. The van der Waals surface area contributed by atoms with Gasteiger partial charge in [0, 0.05) is 66.0 Å². The number of nitrogens with zero attached hydrogens (tertiary/aromatic N) is 11. The molecule has 11 heteroatoms. The van der Waals surface area contributed by atoms with Crippen LogP contribution in [0, 0.1) is 0 Å². The van der Waals surface area contributed by atoms with Crippen molar-refractivity contribution in [3.63, 3.8) is 0 Å². The summed E-state index contributed by atoms with van der Waals surface area (Å²) in [6, 6.07) is 89.3. The van der Waals surface area contributed by atoms with Crippen LogP contribution in [0.2, 0.25) is 0 Å². The first kappa shape index (κ1) is 45.9. The van der Waals surface area contributed by atoms with Crippen LogP contribution in [0.3, 0.4) is 0 Å². The Hall–Kier alpha value is -11.3. The van der Waals surface area contributed by atoms with Crippen LogP contribution in [-0.4, -0.2) is 53.6 Å². The normalized spacial score (nSPS) is 11.7. The minimum absolute atomic E-state index is 0.523. The first-order valence-electron chi connectivity index (χ1n) is 26.9. The Morgan fingerprint density at radius 2 is 0.568 bits per heavy atom. The zero-order valence-electron chi connectivity index (χ0n) is 43.2. The largest absolute Gasteiger partial charge is 0.294 e. The van der Waals surface area contributed by atoms with E-state index >= 15 is 0 Å². The number of hydrogen-bond acceptors (Lipinski definition) is 8. The van der Waals surface area contributed by atoms with E-state index in [4.69, 9.17) is 39.9 Å². The maximum absolute atomic E-state index is 5.68. The minimum Gasteiger partial charge on any atom is -0.294 e. The van der Waals surface area contributed by atoms with Crippen molar-refractivity contribution >= 4 is 65.5 Å². The molecule has 6 heterocycles. The van der Waals surface area contributed by atoms with Crippen molar-refractivity contribution in [2.75, 3.05) is 0 Å². The van der Waals surface area contributed by atoms with Crippen LogP contribution in [0.1, 0.15) is 0 Å².